The van der Waals surface area contributed by atoms with Crippen LogP contribution in [0.3, 0.4) is 0 Å². The van der Waals surface area contributed by atoms with E-state index in [0.29, 0.717) is 18.6 Å². The highest BCUT2D eigenvalue weighted by Crippen LogP contribution is 2.19. The summed E-state index contributed by atoms with van der Waals surface area (Å²) >= 11 is 0. The molecule has 0 bridgehead atoms. The summed E-state index contributed by atoms with van der Waals surface area (Å²) in [5.74, 6) is -0.335. The molecule has 2 atom stereocenters. The Morgan fingerprint density at radius 1 is 1.38 bits per heavy atom. The van der Waals surface area contributed by atoms with Crippen molar-refractivity contribution < 1.29 is 14.6 Å². The van der Waals surface area contributed by atoms with E-state index in [2.05, 4.69) is 0 Å². The molecule has 1 aromatic carbocycles. The van der Waals surface area contributed by atoms with Crippen molar-refractivity contribution in [3.63, 3.8) is 0 Å². The molecular formula is C13H18O3. The summed E-state index contributed by atoms with van der Waals surface area (Å²) in [5, 5.41) is 9.87. The summed E-state index contributed by atoms with van der Waals surface area (Å²) in [7, 11) is 1.60. The second-order valence-electron chi connectivity index (χ2n) is 3.90. The molecule has 0 heterocycles. The van der Waals surface area contributed by atoms with Gasteiger partial charge in [-0.25, -0.2) is 0 Å². The molecule has 0 fully saturated rings. The normalized spacial score (nSPS) is 14.4. The number of ether oxygens (including phenoxy) is 1. The quantitative estimate of drug-likeness (QED) is 0.800. The van der Waals surface area contributed by atoms with Gasteiger partial charge in [0.2, 0.25) is 0 Å². The van der Waals surface area contributed by atoms with Gasteiger partial charge in [0, 0.05) is 19.6 Å². The lowest BCUT2D eigenvalue weighted by atomic mass is 9.94. The van der Waals surface area contributed by atoms with Crippen LogP contribution in [-0.4, -0.2) is 24.6 Å². The highest BCUT2D eigenvalue weighted by Gasteiger charge is 2.22. The largest absolute Gasteiger partial charge is 0.385 e. The van der Waals surface area contributed by atoms with E-state index in [0.717, 1.165) is 0 Å². The van der Waals surface area contributed by atoms with Crippen LogP contribution in [0.5, 0.6) is 0 Å². The number of benzene rings is 1. The minimum absolute atomic E-state index is 0.150. The molecule has 0 aliphatic carbocycles. The number of hydrogen-bond acceptors (Lipinski definition) is 3. The van der Waals surface area contributed by atoms with Crippen molar-refractivity contribution in [3.8, 4) is 0 Å². The molecule has 0 radical (unpaired) electrons. The van der Waals surface area contributed by atoms with Gasteiger partial charge in [-0.3, -0.25) is 4.79 Å². The number of ketones is 1. The fraction of sp³-hybridized carbons (Fsp3) is 0.462. The van der Waals surface area contributed by atoms with Crippen molar-refractivity contribution in [3.05, 3.63) is 35.9 Å². The molecule has 16 heavy (non-hydrogen) atoms. The first kappa shape index (κ1) is 12.9. The van der Waals surface area contributed by atoms with Crippen LogP contribution in [0.15, 0.2) is 30.3 Å². The molecule has 0 aliphatic rings. The Labute approximate surface area is 96.1 Å². The van der Waals surface area contributed by atoms with Gasteiger partial charge in [0.1, 0.15) is 6.10 Å². The van der Waals surface area contributed by atoms with Crippen molar-refractivity contribution >= 4 is 5.78 Å². The lowest BCUT2D eigenvalue weighted by molar-refractivity contribution is -0.131. The zero-order valence-electron chi connectivity index (χ0n) is 9.72. The summed E-state index contributed by atoms with van der Waals surface area (Å²) in [5.41, 5.74) is 0.650. The maximum absolute atomic E-state index is 11.8. The number of Topliss-reactive ketones (excluding diaryl/α,β-unsaturated/α-hetero) is 1. The molecule has 0 amide bonds. The molecule has 1 N–H and O–H groups in total. The highest BCUT2D eigenvalue weighted by molar-refractivity contribution is 5.86. The van der Waals surface area contributed by atoms with Crippen LogP contribution < -0.4 is 0 Å². The van der Waals surface area contributed by atoms with Gasteiger partial charge in [-0.1, -0.05) is 37.3 Å². The summed E-state index contributed by atoms with van der Waals surface area (Å²) in [4.78, 5) is 11.8. The molecule has 0 saturated heterocycles. The maximum Gasteiger partial charge on any atom is 0.168 e. The van der Waals surface area contributed by atoms with Crippen molar-refractivity contribution in [1.82, 2.24) is 0 Å². The number of aliphatic hydroxyl groups is 1. The predicted molar refractivity (Wildman–Crippen MR) is 62.1 cm³/mol. The molecule has 3 nitrogen and oxygen atoms in total. The van der Waals surface area contributed by atoms with Crippen molar-refractivity contribution in [2.45, 2.75) is 19.4 Å². The summed E-state index contributed by atoms with van der Waals surface area (Å²) < 4.78 is 4.91. The summed E-state index contributed by atoms with van der Waals surface area (Å²) in [6, 6.07) is 8.99. The third-order valence-electron chi connectivity index (χ3n) is 2.63. The van der Waals surface area contributed by atoms with Crippen molar-refractivity contribution in [2.75, 3.05) is 13.7 Å². The number of carbonyl (C=O) groups excluding carboxylic acids is 1. The Morgan fingerprint density at radius 2 is 2.00 bits per heavy atom. The van der Waals surface area contributed by atoms with Crippen molar-refractivity contribution in [1.29, 1.82) is 0 Å². The van der Waals surface area contributed by atoms with E-state index in [1.807, 2.05) is 25.1 Å². The number of carbonyl (C=O) groups is 1. The average Bonchev–Trinajstić information content (AvgIpc) is 2.35. The van der Waals surface area contributed by atoms with E-state index in [9.17, 15) is 9.90 Å². The van der Waals surface area contributed by atoms with E-state index in [4.69, 9.17) is 4.74 Å². The van der Waals surface area contributed by atoms with Crippen LogP contribution >= 0.6 is 0 Å². The Hall–Kier alpha value is -1.19. The molecule has 0 spiro atoms. The van der Waals surface area contributed by atoms with E-state index >= 15 is 0 Å². The van der Waals surface area contributed by atoms with Crippen LogP contribution in [0.2, 0.25) is 0 Å². The van der Waals surface area contributed by atoms with Crippen LogP contribution in [0.25, 0.3) is 0 Å². The van der Waals surface area contributed by atoms with Gasteiger partial charge < -0.3 is 9.84 Å². The first-order valence-electron chi connectivity index (χ1n) is 5.42. The lowest BCUT2D eigenvalue weighted by Crippen LogP contribution is -2.21. The fourth-order valence-electron chi connectivity index (χ4n) is 1.51. The van der Waals surface area contributed by atoms with Gasteiger partial charge in [0.05, 0.1) is 0 Å². The molecule has 0 saturated carbocycles. The number of methoxy groups -OCH3 is 1. The standard InChI is InChI=1S/C13H18O3/c1-10(8-9-16-2)12(14)13(15)11-6-4-3-5-7-11/h3-7,10,13,15H,8-9H2,1-2H3. The average molecular weight is 222 g/mol. The first-order valence-corrected chi connectivity index (χ1v) is 5.42. The number of aliphatic hydroxyl groups excluding tert-OH is 1. The van der Waals surface area contributed by atoms with Gasteiger partial charge in [-0.2, -0.15) is 0 Å². The van der Waals surface area contributed by atoms with Crippen LogP contribution in [-0.2, 0) is 9.53 Å². The van der Waals surface area contributed by atoms with Gasteiger partial charge in [-0.05, 0) is 12.0 Å². The molecule has 3 heteroatoms. The third kappa shape index (κ3) is 3.43. The molecular weight excluding hydrogens is 204 g/mol. The van der Waals surface area contributed by atoms with Crippen molar-refractivity contribution in [2.24, 2.45) is 5.92 Å². The molecule has 2 unspecified atom stereocenters. The van der Waals surface area contributed by atoms with E-state index in [1.54, 1.807) is 19.2 Å². The van der Waals surface area contributed by atoms with Gasteiger partial charge in [-0.15, -0.1) is 0 Å². The summed E-state index contributed by atoms with van der Waals surface area (Å²) in [6.45, 7) is 2.35. The SMILES string of the molecule is COCCC(C)C(=O)C(O)c1ccccc1. The second-order valence-corrected chi connectivity index (χ2v) is 3.90. The number of rotatable bonds is 6. The topological polar surface area (TPSA) is 46.5 Å². The second kappa shape index (κ2) is 6.40. The Bertz CT molecular complexity index is 321. The van der Waals surface area contributed by atoms with E-state index in [1.165, 1.54) is 0 Å². The number of hydrogen-bond donors (Lipinski definition) is 1. The predicted octanol–water partition coefficient (Wildman–Crippen LogP) is 1.96. The van der Waals surface area contributed by atoms with Crippen LogP contribution in [0.4, 0.5) is 0 Å². The fourth-order valence-corrected chi connectivity index (χ4v) is 1.51. The minimum Gasteiger partial charge on any atom is -0.385 e. The van der Waals surface area contributed by atoms with Gasteiger partial charge >= 0.3 is 0 Å². The summed E-state index contributed by atoms with van der Waals surface area (Å²) in [6.07, 6.45) is -0.382. The maximum atomic E-state index is 11.8. The van der Waals surface area contributed by atoms with E-state index < -0.39 is 6.10 Å². The zero-order chi connectivity index (χ0) is 12.0. The Morgan fingerprint density at radius 3 is 2.56 bits per heavy atom. The smallest absolute Gasteiger partial charge is 0.168 e. The molecule has 88 valence electrons. The molecule has 0 aromatic heterocycles. The Kier molecular flexibility index (Phi) is 5.15. The zero-order valence-corrected chi connectivity index (χ0v) is 9.72. The third-order valence-corrected chi connectivity index (χ3v) is 2.63. The monoisotopic (exact) mass is 222 g/mol. The first-order chi connectivity index (χ1) is 7.66. The molecule has 0 aliphatic heterocycles. The minimum atomic E-state index is -1.02. The van der Waals surface area contributed by atoms with Gasteiger partial charge in [0.25, 0.3) is 0 Å². The van der Waals surface area contributed by atoms with Crippen LogP contribution in [0, 0.1) is 5.92 Å². The lowest BCUT2D eigenvalue weighted by Gasteiger charge is -2.15. The molecule has 1 aromatic rings. The molecule has 1 rings (SSSR count). The van der Waals surface area contributed by atoms with E-state index in [-0.39, 0.29) is 11.7 Å². The Balaban J connectivity index is 2.60. The van der Waals surface area contributed by atoms with Gasteiger partial charge in [0.15, 0.2) is 5.78 Å². The van der Waals surface area contributed by atoms with Crippen LogP contribution in [0.1, 0.15) is 25.0 Å². The highest BCUT2D eigenvalue weighted by atomic mass is 16.5.